The number of allylic oxidation sites excluding steroid dienone is 2. The van der Waals surface area contributed by atoms with Gasteiger partial charge in [-0.2, -0.15) is 21.0 Å². The Kier molecular flexibility index (Phi) is 4.20. The van der Waals surface area contributed by atoms with Gasteiger partial charge in [0.2, 0.25) is 0 Å². The summed E-state index contributed by atoms with van der Waals surface area (Å²) in [6.07, 6.45) is 0. The van der Waals surface area contributed by atoms with Crippen LogP contribution in [0.1, 0.15) is 11.1 Å². The van der Waals surface area contributed by atoms with E-state index in [0.717, 1.165) is 0 Å². The Bertz CT molecular complexity index is 704. The van der Waals surface area contributed by atoms with E-state index in [4.69, 9.17) is 21.0 Å². The van der Waals surface area contributed by atoms with Gasteiger partial charge in [0.25, 0.3) is 0 Å². The van der Waals surface area contributed by atoms with Crippen LogP contribution in [0.3, 0.4) is 0 Å². The Morgan fingerprint density at radius 2 is 1.74 bits per heavy atom. The molecule has 0 saturated carbocycles. The van der Waals surface area contributed by atoms with E-state index in [9.17, 15) is 4.39 Å². The van der Waals surface area contributed by atoms with E-state index in [1.807, 2.05) is 6.07 Å². The van der Waals surface area contributed by atoms with Gasteiger partial charge >= 0.3 is 0 Å². The van der Waals surface area contributed by atoms with Crippen LogP contribution in [-0.2, 0) is 0 Å². The highest BCUT2D eigenvalue weighted by Gasteiger charge is 2.12. The number of nitrogens with zero attached hydrogens (tertiary/aromatic N) is 4. The standard InChI is InChI=1S/C13H6FN5/c1-8-9(4-15)2-3-11(13(8)14)19-12(7-18)10(5-16)6-17/h2-3,19H,1H3. The summed E-state index contributed by atoms with van der Waals surface area (Å²) in [5, 5.41) is 37.3. The van der Waals surface area contributed by atoms with Crippen molar-refractivity contribution in [3.8, 4) is 24.3 Å². The van der Waals surface area contributed by atoms with Crippen molar-refractivity contribution < 1.29 is 4.39 Å². The smallest absolute Gasteiger partial charge is 0.163 e. The number of nitrogens with one attached hydrogen (secondary N) is 1. The lowest BCUT2D eigenvalue weighted by Gasteiger charge is -2.08. The highest BCUT2D eigenvalue weighted by Crippen LogP contribution is 2.22. The van der Waals surface area contributed by atoms with Crippen LogP contribution in [-0.4, -0.2) is 0 Å². The molecule has 6 heteroatoms. The SMILES string of the molecule is Cc1c(C#N)ccc(NC(C#N)=C(C#N)C#N)c1F. The van der Waals surface area contributed by atoms with Crippen LogP contribution in [0.15, 0.2) is 23.4 Å². The molecule has 19 heavy (non-hydrogen) atoms. The molecule has 0 aliphatic rings. The lowest BCUT2D eigenvalue weighted by molar-refractivity contribution is 0.621. The zero-order valence-electron chi connectivity index (χ0n) is 9.82. The molecule has 0 atom stereocenters. The van der Waals surface area contributed by atoms with Gasteiger partial charge in [0.1, 0.15) is 23.9 Å². The first-order valence-electron chi connectivity index (χ1n) is 4.99. The zero-order chi connectivity index (χ0) is 14.4. The van der Waals surface area contributed by atoms with Crippen LogP contribution >= 0.6 is 0 Å². The number of anilines is 1. The quantitative estimate of drug-likeness (QED) is 0.811. The number of hydrogen-bond donors (Lipinski definition) is 1. The fourth-order valence-electron chi connectivity index (χ4n) is 1.32. The molecule has 0 aliphatic carbocycles. The molecule has 0 bridgehead atoms. The van der Waals surface area contributed by atoms with Gasteiger partial charge in [-0.1, -0.05) is 0 Å². The van der Waals surface area contributed by atoms with Crippen LogP contribution in [0.25, 0.3) is 0 Å². The topological polar surface area (TPSA) is 107 Å². The maximum absolute atomic E-state index is 13.9. The molecule has 0 spiro atoms. The number of hydrogen-bond acceptors (Lipinski definition) is 5. The highest BCUT2D eigenvalue weighted by molar-refractivity contribution is 5.61. The normalized spacial score (nSPS) is 8.32. The number of rotatable bonds is 2. The van der Waals surface area contributed by atoms with Gasteiger partial charge in [0.15, 0.2) is 11.4 Å². The largest absolute Gasteiger partial charge is 0.343 e. The molecule has 0 fully saturated rings. The predicted molar refractivity (Wildman–Crippen MR) is 63.3 cm³/mol. The monoisotopic (exact) mass is 251 g/mol. The summed E-state index contributed by atoms with van der Waals surface area (Å²) in [6.45, 7) is 1.42. The van der Waals surface area contributed by atoms with Gasteiger partial charge in [0.05, 0.1) is 17.3 Å². The maximum atomic E-state index is 13.9. The minimum Gasteiger partial charge on any atom is -0.343 e. The van der Waals surface area contributed by atoms with Crippen LogP contribution in [0, 0.1) is 58.1 Å². The summed E-state index contributed by atoms with van der Waals surface area (Å²) in [5.74, 6) is -0.706. The third-order valence-electron chi connectivity index (χ3n) is 2.35. The molecule has 1 rings (SSSR count). The van der Waals surface area contributed by atoms with E-state index in [0.29, 0.717) is 0 Å². The van der Waals surface area contributed by atoms with Crippen molar-refractivity contribution in [2.45, 2.75) is 6.92 Å². The van der Waals surface area contributed by atoms with Gasteiger partial charge in [-0.3, -0.25) is 0 Å². The van der Waals surface area contributed by atoms with Gasteiger partial charge in [-0.15, -0.1) is 0 Å². The Morgan fingerprint density at radius 1 is 1.11 bits per heavy atom. The minimum absolute atomic E-state index is 0.0731. The number of nitriles is 4. The van der Waals surface area contributed by atoms with Crippen LogP contribution in [0.2, 0.25) is 0 Å². The summed E-state index contributed by atoms with van der Waals surface area (Å²) in [4.78, 5) is 0. The third-order valence-corrected chi connectivity index (χ3v) is 2.35. The predicted octanol–water partition coefficient (Wildman–Crippen LogP) is 2.24. The first-order chi connectivity index (χ1) is 9.08. The molecular weight excluding hydrogens is 245 g/mol. The molecule has 0 radical (unpaired) electrons. The van der Waals surface area contributed by atoms with Crippen molar-refractivity contribution >= 4 is 5.69 Å². The summed E-state index contributed by atoms with van der Waals surface area (Å²) < 4.78 is 13.9. The second-order valence-electron chi connectivity index (χ2n) is 3.42. The Morgan fingerprint density at radius 3 is 2.21 bits per heavy atom. The van der Waals surface area contributed by atoms with Gasteiger partial charge in [-0.25, -0.2) is 4.39 Å². The van der Waals surface area contributed by atoms with Crippen LogP contribution in [0.5, 0.6) is 0 Å². The van der Waals surface area contributed by atoms with Crippen LogP contribution < -0.4 is 5.32 Å². The average molecular weight is 251 g/mol. The Labute approximate surface area is 109 Å². The molecule has 0 aliphatic heterocycles. The van der Waals surface area contributed by atoms with Gasteiger partial charge < -0.3 is 5.32 Å². The molecule has 1 aromatic carbocycles. The molecule has 0 heterocycles. The summed E-state index contributed by atoms with van der Waals surface area (Å²) >= 11 is 0. The average Bonchev–Trinajstić information content (AvgIpc) is 2.43. The first kappa shape index (κ1) is 13.7. The summed E-state index contributed by atoms with van der Waals surface area (Å²) in [7, 11) is 0. The molecular formula is C13H6FN5. The minimum atomic E-state index is -0.706. The molecule has 1 aromatic rings. The molecule has 90 valence electrons. The van der Waals surface area contributed by atoms with Crippen molar-refractivity contribution in [1.29, 1.82) is 21.0 Å². The van der Waals surface area contributed by atoms with E-state index in [-0.39, 0.29) is 22.5 Å². The van der Waals surface area contributed by atoms with Gasteiger partial charge in [0, 0.05) is 5.56 Å². The second-order valence-corrected chi connectivity index (χ2v) is 3.42. The Balaban J connectivity index is 3.31. The first-order valence-corrected chi connectivity index (χ1v) is 4.99. The molecule has 5 nitrogen and oxygen atoms in total. The number of benzene rings is 1. The molecule has 0 saturated heterocycles. The van der Waals surface area contributed by atoms with E-state index in [1.54, 1.807) is 6.07 Å². The van der Waals surface area contributed by atoms with E-state index in [2.05, 4.69) is 5.32 Å². The molecule has 0 aromatic heterocycles. The molecule has 1 N–H and O–H groups in total. The lowest BCUT2D eigenvalue weighted by atomic mass is 10.1. The van der Waals surface area contributed by atoms with Crippen molar-refractivity contribution in [2.24, 2.45) is 0 Å². The van der Waals surface area contributed by atoms with E-state index in [1.165, 1.54) is 31.2 Å². The fraction of sp³-hybridized carbons (Fsp3) is 0.0769. The van der Waals surface area contributed by atoms with E-state index >= 15 is 0 Å². The van der Waals surface area contributed by atoms with E-state index < -0.39 is 11.4 Å². The highest BCUT2D eigenvalue weighted by atomic mass is 19.1. The maximum Gasteiger partial charge on any atom is 0.163 e. The molecule has 0 unspecified atom stereocenters. The third kappa shape index (κ3) is 2.67. The van der Waals surface area contributed by atoms with Gasteiger partial charge in [-0.05, 0) is 19.1 Å². The Hall–Kier alpha value is -3.35. The lowest BCUT2D eigenvalue weighted by Crippen LogP contribution is -2.04. The fourth-order valence-corrected chi connectivity index (χ4v) is 1.32. The summed E-state index contributed by atoms with van der Waals surface area (Å²) in [5.41, 5.74) is -0.556. The van der Waals surface area contributed by atoms with Crippen molar-refractivity contribution in [1.82, 2.24) is 0 Å². The summed E-state index contributed by atoms with van der Waals surface area (Å²) in [6, 6.07) is 9.17. The van der Waals surface area contributed by atoms with Crippen molar-refractivity contribution in [3.05, 3.63) is 40.3 Å². The molecule has 0 amide bonds. The zero-order valence-corrected chi connectivity index (χ0v) is 9.82. The second kappa shape index (κ2) is 5.82. The van der Waals surface area contributed by atoms with Crippen molar-refractivity contribution in [2.75, 3.05) is 5.32 Å². The number of halogens is 1. The van der Waals surface area contributed by atoms with Crippen molar-refractivity contribution in [3.63, 3.8) is 0 Å². The van der Waals surface area contributed by atoms with Crippen LogP contribution in [0.4, 0.5) is 10.1 Å².